The molecule has 1 rings (SSSR count). The fraction of sp³-hybridized carbons (Fsp3) is 0.300. The van der Waals surface area contributed by atoms with Gasteiger partial charge in [-0.05, 0) is 12.1 Å². The van der Waals surface area contributed by atoms with E-state index in [-0.39, 0.29) is 5.97 Å². The Morgan fingerprint density at radius 2 is 2.25 bits per heavy atom. The molecule has 0 amide bonds. The highest BCUT2D eigenvalue weighted by molar-refractivity contribution is 9.10. The van der Waals surface area contributed by atoms with Crippen molar-refractivity contribution in [2.75, 3.05) is 19.0 Å². The molecule has 0 fully saturated rings. The lowest BCUT2D eigenvalue weighted by Crippen LogP contribution is -2.24. The molecule has 16 heavy (non-hydrogen) atoms. The van der Waals surface area contributed by atoms with Gasteiger partial charge in [0.25, 0.3) is 0 Å². The summed E-state index contributed by atoms with van der Waals surface area (Å²) in [5.41, 5.74) is 0.683. The van der Waals surface area contributed by atoms with Crippen molar-refractivity contribution in [1.29, 1.82) is 0 Å². The molecule has 0 spiro atoms. The zero-order valence-corrected chi connectivity index (χ0v) is 11.6. The molecule has 0 bridgehead atoms. The molecule has 1 N–H and O–H groups in total. The number of nitrogens with one attached hydrogen (secondary N) is 1. The maximum Gasteiger partial charge on any atom is 0.321 e. The van der Waals surface area contributed by atoms with Crippen LogP contribution in [0.4, 0.5) is 5.69 Å². The van der Waals surface area contributed by atoms with Gasteiger partial charge in [-0.1, -0.05) is 45.2 Å². The van der Waals surface area contributed by atoms with Crippen molar-refractivity contribution in [3.63, 3.8) is 0 Å². The molecule has 0 saturated carbocycles. The minimum absolute atomic E-state index is 0.342. The predicted molar refractivity (Wildman–Crippen MR) is 69.7 cm³/mol. The first-order valence-corrected chi connectivity index (χ1v) is 6.13. The number of anilines is 1. The Balaban J connectivity index is 2.61. The Bertz CT molecular complexity index is 387. The molecule has 1 aromatic rings. The molecule has 3 nitrogen and oxygen atoms in total. The van der Waals surface area contributed by atoms with E-state index in [9.17, 15) is 4.79 Å². The van der Waals surface area contributed by atoms with E-state index >= 15 is 0 Å². The SMILES string of the molecule is COC(=O)C(Br)CNc1cccc(Cl)c1Cl. The highest BCUT2D eigenvalue weighted by atomic mass is 79.9. The van der Waals surface area contributed by atoms with E-state index in [0.717, 1.165) is 0 Å². The molecule has 1 aromatic carbocycles. The highest BCUT2D eigenvalue weighted by Crippen LogP contribution is 2.29. The second-order valence-electron chi connectivity index (χ2n) is 2.97. The van der Waals surface area contributed by atoms with Crippen LogP contribution in [-0.2, 0) is 9.53 Å². The van der Waals surface area contributed by atoms with Crippen LogP contribution in [0, 0.1) is 0 Å². The van der Waals surface area contributed by atoms with Crippen molar-refractivity contribution in [3.8, 4) is 0 Å². The van der Waals surface area contributed by atoms with Crippen LogP contribution in [0.25, 0.3) is 0 Å². The zero-order chi connectivity index (χ0) is 12.1. The molecule has 88 valence electrons. The van der Waals surface area contributed by atoms with Gasteiger partial charge in [0.15, 0.2) is 0 Å². The minimum Gasteiger partial charge on any atom is -0.468 e. The maximum atomic E-state index is 11.1. The third-order valence-electron chi connectivity index (χ3n) is 1.88. The number of hydrogen-bond donors (Lipinski definition) is 1. The van der Waals surface area contributed by atoms with Crippen molar-refractivity contribution in [2.24, 2.45) is 0 Å². The summed E-state index contributed by atoms with van der Waals surface area (Å²) in [6, 6.07) is 5.25. The molecule has 6 heteroatoms. The van der Waals surface area contributed by atoms with Crippen molar-refractivity contribution in [2.45, 2.75) is 4.83 Å². The topological polar surface area (TPSA) is 38.3 Å². The normalized spacial score (nSPS) is 12.0. The first kappa shape index (κ1) is 13.6. The molecule has 0 radical (unpaired) electrons. The van der Waals surface area contributed by atoms with Crippen LogP contribution in [0.2, 0.25) is 10.0 Å². The second-order valence-corrected chi connectivity index (χ2v) is 4.86. The van der Waals surface area contributed by atoms with E-state index < -0.39 is 4.83 Å². The Morgan fingerprint density at radius 3 is 2.88 bits per heavy atom. The first-order valence-electron chi connectivity index (χ1n) is 4.46. The van der Waals surface area contributed by atoms with Crippen LogP contribution in [-0.4, -0.2) is 24.5 Å². The summed E-state index contributed by atoms with van der Waals surface area (Å²) in [4.78, 5) is 10.7. The summed E-state index contributed by atoms with van der Waals surface area (Å²) in [5.74, 6) is -0.342. The Hall–Kier alpha value is -0.450. The number of halogens is 3. The number of carbonyl (C=O) groups is 1. The maximum absolute atomic E-state index is 11.1. The summed E-state index contributed by atoms with van der Waals surface area (Å²) in [5, 5.41) is 3.91. The number of rotatable bonds is 4. The third kappa shape index (κ3) is 3.54. The van der Waals surface area contributed by atoms with Crippen LogP contribution in [0.1, 0.15) is 0 Å². The molecule has 0 aliphatic carbocycles. The van der Waals surface area contributed by atoms with Crippen LogP contribution in [0.3, 0.4) is 0 Å². The Morgan fingerprint density at radius 1 is 1.56 bits per heavy atom. The van der Waals surface area contributed by atoms with E-state index in [4.69, 9.17) is 23.2 Å². The van der Waals surface area contributed by atoms with Crippen LogP contribution in [0.15, 0.2) is 18.2 Å². The number of methoxy groups -OCH3 is 1. The van der Waals surface area contributed by atoms with Crippen molar-refractivity contribution < 1.29 is 9.53 Å². The number of alkyl halides is 1. The average Bonchev–Trinajstić information content (AvgIpc) is 2.29. The van der Waals surface area contributed by atoms with Gasteiger partial charge in [0.2, 0.25) is 0 Å². The molecular formula is C10H10BrCl2NO2. The number of esters is 1. The van der Waals surface area contributed by atoms with Gasteiger partial charge in [0.1, 0.15) is 4.83 Å². The van der Waals surface area contributed by atoms with Gasteiger partial charge >= 0.3 is 5.97 Å². The summed E-state index contributed by atoms with van der Waals surface area (Å²) in [7, 11) is 1.34. The molecule has 0 saturated heterocycles. The van der Waals surface area contributed by atoms with Gasteiger partial charge in [-0.25, -0.2) is 0 Å². The van der Waals surface area contributed by atoms with Crippen molar-refractivity contribution >= 4 is 50.8 Å². The van der Waals surface area contributed by atoms with Gasteiger partial charge in [0.05, 0.1) is 22.8 Å². The fourth-order valence-electron chi connectivity index (χ4n) is 1.05. The Kier molecular flexibility index (Phi) is 5.38. The molecule has 0 aliphatic rings. The summed E-state index contributed by atoms with van der Waals surface area (Å²) >= 11 is 15.0. The molecule has 0 aliphatic heterocycles. The molecule has 1 unspecified atom stereocenters. The number of benzene rings is 1. The molecule has 0 aromatic heterocycles. The van der Waals surface area contributed by atoms with Gasteiger partial charge in [-0.3, -0.25) is 4.79 Å². The van der Waals surface area contributed by atoms with E-state index in [1.807, 2.05) is 0 Å². The Labute approximate surface area is 112 Å². The van der Waals surface area contributed by atoms with Gasteiger partial charge in [-0.2, -0.15) is 0 Å². The summed E-state index contributed by atoms with van der Waals surface area (Å²) in [6.45, 7) is 0.368. The smallest absolute Gasteiger partial charge is 0.321 e. The number of carbonyl (C=O) groups excluding carboxylic acids is 1. The third-order valence-corrected chi connectivity index (χ3v) is 3.40. The largest absolute Gasteiger partial charge is 0.468 e. The average molecular weight is 327 g/mol. The van der Waals surface area contributed by atoms with E-state index in [0.29, 0.717) is 22.3 Å². The monoisotopic (exact) mass is 325 g/mol. The van der Waals surface area contributed by atoms with E-state index in [1.54, 1.807) is 18.2 Å². The lowest BCUT2D eigenvalue weighted by atomic mass is 10.3. The quantitative estimate of drug-likeness (QED) is 0.681. The van der Waals surface area contributed by atoms with E-state index in [2.05, 4.69) is 26.0 Å². The van der Waals surface area contributed by atoms with Crippen molar-refractivity contribution in [3.05, 3.63) is 28.2 Å². The number of hydrogen-bond acceptors (Lipinski definition) is 3. The van der Waals surface area contributed by atoms with Gasteiger partial charge in [0, 0.05) is 6.54 Å². The van der Waals surface area contributed by atoms with Crippen LogP contribution < -0.4 is 5.32 Å². The molecule has 1 atom stereocenters. The fourth-order valence-corrected chi connectivity index (χ4v) is 1.77. The molecule has 0 heterocycles. The van der Waals surface area contributed by atoms with Crippen molar-refractivity contribution in [1.82, 2.24) is 0 Å². The predicted octanol–water partition coefficient (Wildman–Crippen LogP) is 3.34. The van der Waals surface area contributed by atoms with Gasteiger partial charge < -0.3 is 10.1 Å². The molecular weight excluding hydrogens is 317 g/mol. The summed E-state index contributed by atoms with van der Waals surface area (Å²) in [6.07, 6.45) is 0. The lowest BCUT2D eigenvalue weighted by Gasteiger charge is -2.11. The standard InChI is InChI=1S/C10H10BrCl2NO2/c1-16-10(15)6(11)5-14-8-4-2-3-7(12)9(8)13/h2-4,6,14H,5H2,1H3. The van der Waals surface area contributed by atoms with Gasteiger partial charge in [-0.15, -0.1) is 0 Å². The van der Waals surface area contributed by atoms with Crippen LogP contribution >= 0.6 is 39.1 Å². The lowest BCUT2D eigenvalue weighted by molar-refractivity contribution is -0.139. The van der Waals surface area contributed by atoms with E-state index in [1.165, 1.54) is 7.11 Å². The second kappa shape index (κ2) is 6.33. The van der Waals surface area contributed by atoms with Crippen LogP contribution in [0.5, 0.6) is 0 Å². The first-order chi connectivity index (χ1) is 7.56. The zero-order valence-electron chi connectivity index (χ0n) is 8.47. The minimum atomic E-state index is -0.424. The summed E-state index contributed by atoms with van der Waals surface area (Å²) < 4.78 is 4.57. The number of ether oxygens (including phenoxy) is 1. The highest BCUT2D eigenvalue weighted by Gasteiger charge is 2.15.